The third-order valence-corrected chi connectivity index (χ3v) is 3.75. The molecule has 3 N–H and O–H groups in total. The molecule has 0 radical (unpaired) electrons. The average molecular weight is 340 g/mol. The number of ether oxygens (including phenoxy) is 1. The maximum Gasteiger partial charge on any atom is 0.253 e. The molecule has 1 aliphatic carbocycles. The van der Waals surface area contributed by atoms with E-state index in [1.54, 1.807) is 25.3 Å². The van der Waals surface area contributed by atoms with Gasteiger partial charge < -0.3 is 20.7 Å². The number of nitrogens with one attached hydrogen (secondary N) is 3. The number of carbonyl (C=O) groups excluding carboxylic acids is 2. The fraction of sp³-hybridized carbons (Fsp3) is 0.500. The first-order valence-corrected chi connectivity index (χ1v) is 8.05. The fourth-order valence-corrected chi connectivity index (χ4v) is 2.21. The second-order valence-electron chi connectivity index (χ2n) is 5.56. The van der Waals surface area contributed by atoms with Gasteiger partial charge in [0.2, 0.25) is 5.91 Å². The van der Waals surface area contributed by atoms with Crippen molar-refractivity contribution in [2.24, 2.45) is 5.92 Å². The summed E-state index contributed by atoms with van der Waals surface area (Å²) >= 11 is 5.97. The summed E-state index contributed by atoms with van der Waals surface area (Å²) in [5, 5.41) is 9.03. The van der Waals surface area contributed by atoms with E-state index < -0.39 is 0 Å². The summed E-state index contributed by atoms with van der Waals surface area (Å²) in [5.74, 6) is 0.142. The highest BCUT2D eigenvalue weighted by Crippen LogP contribution is 2.28. The van der Waals surface area contributed by atoms with E-state index in [1.165, 1.54) is 0 Å². The molecular formula is C16H22ClN3O3. The highest BCUT2D eigenvalue weighted by atomic mass is 35.5. The molecule has 1 saturated carbocycles. The standard InChI is InChI=1S/C16H22ClN3O3/c1-23-7-6-18-10-15(21)20-14-5-4-12(17)8-13(14)16(22)19-9-11-2-3-11/h4-5,8,11,18H,2-3,6-7,9-10H2,1H3,(H,19,22)(H,20,21). The molecule has 7 heteroatoms. The molecule has 1 aromatic rings. The maximum absolute atomic E-state index is 12.3. The van der Waals surface area contributed by atoms with Gasteiger partial charge in [0.25, 0.3) is 5.91 Å². The first-order valence-electron chi connectivity index (χ1n) is 7.67. The van der Waals surface area contributed by atoms with E-state index in [2.05, 4.69) is 16.0 Å². The quantitative estimate of drug-likeness (QED) is 0.598. The predicted octanol–water partition coefficient (Wildman–Crippen LogP) is 1.65. The van der Waals surface area contributed by atoms with Gasteiger partial charge in [-0.2, -0.15) is 0 Å². The summed E-state index contributed by atoms with van der Waals surface area (Å²) in [7, 11) is 1.60. The number of amides is 2. The Morgan fingerprint density at radius 2 is 2.13 bits per heavy atom. The van der Waals surface area contributed by atoms with Crippen LogP contribution < -0.4 is 16.0 Å². The van der Waals surface area contributed by atoms with Crippen LogP contribution >= 0.6 is 11.6 Å². The summed E-state index contributed by atoms with van der Waals surface area (Å²) in [6.07, 6.45) is 2.32. The van der Waals surface area contributed by atoms with E-state index in [0.717, 1.165) is 12.8 Å². The van der Waals surface area contributed by atoms with Gasteiger partial charge in [-0.1, -0.05) is 11.6 Å². The molecule has 0 bridgehead atoms. The molecule has 126 valence electrons. The Bertz CT molecular complexity index is 562. The first-order chi connectivity index (χ1) is 11.1. The van der Waals surface area contributed by atoms with Crippen molar-refractivity contribution < 1.29 is 14.3 Å². The number of halogens is 1. The van der Waals surface area contributed by atoms with Crippen molar-refractivity contribution in [1.29, 1.82) is 0 Å². The van der Waals surface area contributed by atoms with Gasteiger partial charge in [0, 0.05) is 25.2 Å². The Morgan fingerprint density at radius 1 is 1.35 bits per heavy atom. The van der Waals surface area contributed by atoms with Crippen LogP contribution in [0.1, 0.15) is 23.2 Å². The van der Waals surface area contributed by atoms with Crippen molar-refractivity contribution in [1.82, 2.24) is 10.6 Å². The van der Waals surface area contributed by atoms with E-state index in [4.69, 9.17) is 16.3 Å². The zero-order chi connectivity index (χ0) is 16.7. The van der Waals surface area contributed by atoms with Crippen molar-refractivity contribution >= 4 is 29.1 Å². The largest absolute Gasteiger partial charge is 0.383 e. The van der Waals surface area contributed by atoms with Crippen molar-refractivity contribution in [3.05, 3.63) is 28.8 Å². The Kier molecular flexibility index (Phi) is 6.83. The normalized spacial score (nSPS) is 13.7. The first kappa shape index (κ1) is 17.7. The molecule has 0 spiro atoms. The van der Waals surface area contributed by atoms with Gasteiger partial charge in [0.1, 0.15) is 0 Å². The van der Waals surface area contributed by atoms with Crippen LogP contribution in [-0.4, -0.2) is 45.2 Å². The smallest absolute Gasteiger partial charge is 0.253 e. The lowest BCUT2D eigenvalue weighted by Crippen LogP contribution is -2.31. The van der Waals surface area contributed by atoms with Crippen molar-refractivity contribution in [3.8, 4) is 0 Å². The number of anilines is 1. The number of hydrogen-bond donors (Lipinski definition) is 3. The van der Waals surface area contributed by atoms with Crippen LogP contribution in [0.2, 0.25) is 5.02 Å². The molecule has 6 nitrogen and oxygen atoms in total. The van der Waals surface area contributed by atoms with E-state index in [1.807, 2.05) is 0 Å². The number of rotatable bonds is 9. The highest BCUT2D eigenvalue weighted by Gasteiger charge is 2.22. The maximum atomic E-state index is 12.3. The van der Waals surface area contributed by atoms with Crippen molar-refractivity contribution in [2.45, 2.75) is 12.8 Å². The van der Waals surface area contributed by atoms with Gasteiger partial charge >= 0.3 is 0 Å². The number of benzene rings is 1. The average Bonchev–Trinajstić information content (AvgIpc) is 3.35. The summed E-state index contributed by atoms with van der Waals surface area (Å²) < 4.78 is 4.90. The van der Waals surface area contributed by atoms with Gasteiger partial charge in [-0.05, 0) is 37.0 Å². The molecule has 2 rings (SSSR count). The molecule has 0 saturated heterocycles. The lowest BCUT2D eigenvalue weighted by Gasteiger charge is -2.12. The van der Waals surface area contributed by atoms with Crippen LogP contribution in [-0.2, 0) is 9.53 Å². The van der Waals surface area contributed by atoms with Crippen LogP contribution in [0.5, 0.6) is 0 Å². The second kappa shape index (κ2) is 8.86. The molecule has 23 heavy (non-hydrogen) atoms. The summed E-state index contributed by atoms with van der Waals surface area (Å²) in [4.78, 5) is 24.2. The van der Waals surface area contributed by atoms with Crippen LogP contribution in [0, 0.1) is 5.92 Å². The molecule has 0 unspecified atom stereocenters. The topological polar surface area (TPSA) is 79.5 Å². The minimum absolute atomic E-state index is 0.148. The third-order valence-electron chi connectivity index (χ3n) is 3.52. The molecule has 0 aliphatic heterocycles. The Hall–Kier alpha value is -1.63. The molecule has 1 aromatic carbocycles. The lowest BCUT2D eigenvalue weighted by molar-refractivity contribution is -0.115. The van der Waals surface area contributed by atoms with Gasteiger partial charge in [0.15, 0.2) is 0 Å². The number of hydrogen-bond acceptors (Lipinski definition) is 4. The van der Waals surface area contributed by atoms with Gasteiger partial charge in [-0.15, -0.1) is 0 Å². The van der Waals surface area contributed by atoms with E-state index in [9.17, 15) is 9.59 Å². The van der Waals surface area contributed by atoms with E-state index in [0.29, 0.717) is 41.9 Å². The molecule has 0 atom stereocenters. The Labute approximate surface area is 140 Å². The highest BCUT2D eigenvalue weighted by molar-refractivity contribution is 6.31. The summed E-state index contributed by atoms with van der Waals surface area (Å²) in [6.45, 7) is 1.93. The number of carbonyl (C=O) groups is 2. The minimum Gasteiger partial charge on any atom is -0.383 e. The SMILES string of the molecule is COCCNCC(=O)Nc1ccc(Cl)cc1C(=O)NCC1CC1. The van der Waals surface area contributed by atoms with Crippen molar-refractivity contribution in [3.63, 3.8) is 0 Å². The zero-order valence-corrected chi connectivity index (χ0v) is 13.9. The van der Waals surface area contributed by atoms with E-state index >= 15 is 0 Å². The van der Waals surface area contributed by atoms with Crippen molar-refractivity contribution in [2.75, 3.05) is 38.7 Å². The molecular weight excluding hydrogens is 318 g/mol. The van der Waals surface area contributed by atoms with Gasteiger partial charge in [-0.3, -0.25) is 9.59 Å². The number of methoxy groups -OCH3 is 1. The van der Waals surface area contributed by atoms with Crippen LogP contribution in [0.15, 0.2) is 18.2 Å². The van der Waals surface area contributed by atoms with Crippen LogP contribution in [0.3, 0.4) is 0 Å². The summed E-state index contributed by atoms with van der Waals surface area (Å²) in [5.41, 5.74) is 0.838. The molecule has 2 amide bonds. The second-order valence-corrected chi connectivity index (χ2v) is 6.00. The molecule has 0 heterocycles. The predicted molar refractivity (Wildman–Crippen MR) is 89.9 cm³/mol. The van der Waals surface area contributed by atoms with Gasteiger partial charge in [-0.25, -0.2) is 0 Å². The van der Waals surface area contributed by atoms with Crippen LogP contribution in [0.4, 0.5) is 5.69 Å². The van der Waals surface area contributed by atoms with Crippen LogP contribution in [0.25, 0.3) is 0 Å². The monoisotopic (exact) mass is 339 g/mol. The summed E-state index contributed by atoms with van der Waals surface area (Å²) in [6, 6.07) is 4.85. The Balaban J connectivity index is 1.93. The van der Waals surface area contributed by atoms with E-state index in [-0.39, 0.29) is 18.4 Å². The third kappa shape index (κ3) is 6.17. The lowest BCUT2D eigenvalue weighted by atomic mass is 10.1. The zero-order valence-electron chi connectivity index (χ0n) is 13.2. The fourth-order valence-electron chi connectivity index (χ4n) is 2.04. The molecule has 1 fully saturated rings. The molecule has 1 aliphatic rings. The Morgan fingerprint density at radius 3 is 2.83 bits per heavy atom. The minimum atomic E-state index is -0.223. The molecule has 0 aromatic heterocycles. The van der Waals surface area contributed by atoms with Gasteiger partial charge in [0.05, 0.1) is 24.4 Å².